The number of hydrogen-bond acceptors (Lipinski definition) is 1. The van der Waals surface area contributed by atoms with E-state index in [1.807, 2.05) is 0 Å². The Hall–Kier alpha value is -0.560. The van der Waals surface area contributed by atoms with Crippen LogP contribution in [0.3, 0.4) is 0 Å². The van der Waals surface area contributed by atoms with E-state index in [4.69, 9.17) is 5.73 Å². The first-order valence-electron chi connectivity index (χ1n) is 4.43. The van der Waals surface area contributed by atoms with Gasteiger partial charge in [-0.3, -0.25) is 0 Å². The summed E-state index contributed by atoms with van der Waals surface area (Å²) in [5.74, 6) is 0.820. The molecule has 0 amide bonds. The number of allylic oxidation sites excluding steroid dienone is 3. The molecule has 1 nitrogen and oxygen atoms in total. The van der Waals surface area contributed by atoms with Crippen molar-refractivity contribution in [1.82, 2.24) is 0 Å². The second kappa shape index (κ2) is 2.21. The lowest BCUT2D eigenvalue weighted by Gasteiger charge is -2.06. The monoisotopic (exact) mass is 149 g/mol. The van der Waals surface area contributed by atoms with Gasteiger partial charge in [0.2, 0.25) is 0 Å². The van der Waals surface area contributed by atoms with Crippen LogP contribution in [0.1, 0.15) is 26.7 Å². The molecule has 1 heteroatoms. The zero-order valence-electron chi connectivity index (χ0n) is 7.22. The molecule has 0 aromatic carbocycles. The lowest BCUT2D eigenvalue weighted by molar-refractivity contribution is 0.756. The molecule has 0 aromatic rings. The van der Waals surface area contributed by atoms with Gasteiger partial charge in [0, 0.05) is 12.0 Å². The second-order valence-electron chi connectivity index (χ2n) is 3.60. The third-order valence-corrected chi connectivity index (χ3v) is 2.83. The summed E-state index contributed by atoms with van der Waals surface area (Å²) in [6.07, 6.45) is 4.77. The average molecular weight is 149 g/mol. The van der Waals surface area contributed by atoms with E-state index in [-0.39, 0.29) is 6.04 Å². The molecule has 0 saturated carbocycles. The van der Waals surface area contributed by atoms with E-state index in [1.165, 1.54) is 18.4 Å². The Bertz CT molecular complexity index is 246. The van der Waals surface area contributed by atoms with Gasteiger partial charge in [-0.1, -0.05) is 24.1 Å². The highest BCUT2D eigenvalue weighted by molar-refractivity contribution is 5.56. The van der Waals surface area contributed by atoms with Gasteiger partial charge in [0.15, 0.2) is 0 Å². The molecular formula is C10H15N. The van der Waals surface area contributed by atoms with Crippen LogP contribution in [0, 0.1) is 5.92 Å². The van der Waals surface area contributed by atoms with Crippen LogP contribution in [0.4, 0.5) is 0 Å². The predicted octanol–water partition coefficient (Wildman–Crippen LogP) is 2.00. The summed E-state index contributed by atoms with van der Waals surface area (Å²) in [7, 11) is 0. The van der Waals surface area contributed by atoms with Crippen LogP contribution < -0.4 is 5.73 Å². The van der Waals surface area contributed by atoms with E-state index in [1.54, 1.807) is 11.1 Å². The van der Waals surface area contributed by atoms with E-state index in [0.29, 0.717) is 0 Å². The summed E-state index contributed by atoms with van der Waals surface area (Å²) in [4.78, 5) is 0. The molecule has 0 radical (unpaired) electrons. The molecule has 0 aromatic heterocycles. The zero-order chi connectivity index (χ0) is 8.01. The van der Waals surface area contributed by atoms with E-state index in [2.05, 4.69) is 19.9 Å². The first-order valence-corrected chi connectivity index (χ1v) is 4.43. The molecule has 2 N–H and O–H groups in total. The van der Waals surface area contributed by atoms with Gasteiger partial charge in [-0.2, -0.15) is 0 Å². The van der Waals surface area contributed by atoms with Crippen molar-refractivity contribution in [2.24, 2.45) is 11.7 Å². The van der Waals surface area contributed by atoms with Crippen molar-refractivity contribution in [1.29, 1.82) is 0 Å². The van der Waals surface area contributed by atoms with Crippen molar-refractivity contribution < 1.29 is 0 Å². The number of nitrogens with two attached hydrogens (primary N) is 1. The van der Waals surface area contributed by atoms with Gasteiger partial charge in [0.05, 0.1) is 0 Å². The molecule has 0 bridgehead atoms. The van der Waals surface area contributed by atoms with Crippen LogP contribution in [-0.2, 0) is 0 Å². The standard InChI is InChI=1S/C10H15N/c1-3-8-9-4-7(6(2)11)5-10(8)9/h4,6,10H,3,5,11H2,1-2H3. The topological polar surface area (TPSA) is 26.0 Å². The van der Waals surface area contributed by atoms with Gasteiger partial charge in [0.25, 0.3) is 0 Å². The molecule has 0 saturated heterocycles. The first kappa shape index (κ1) is 7.11. The van der Waals surface area contributed by atoms with Crippen LogP contribution in [-0.4, -0.2) is 6.04 Å². The summed E-state index contributed by atoms with van der Waals surface area (Å²) < 4.78 is 0. The predicted molar refractivity (Wildman–Crippen MR) is 47.2 cm³/mol. The van der Waals surface area contributed by atoms with Crippen LogP contribution in [0.5, 0.6) is 0 Å². The molecule has 2 atom stereocenters. The third kappa shape index (κ3) is 0.951. The summed E-state index contributed by atoms with van der Waals surface area (Å²) in [6.45, 7) is 4.31. The molecule has 2 rings (SSSR count). The van der Waals surface area contributed by atoms with Crippen molar-refractivity contribution in [2.75, 3.05) is 0 Å². The second-order valence-corrected chi connectivity index (χ2v) is 3.60. The summed E-state index contributed by atoms with van der Waals surface area (Å²) in [6, 6.07) is 0.272. The maximum absolute atomic E-state index is 5.78. The van der Waals surface area contributed by atoms with E-state index >= 15 is 0 Å². The van der Waals surface area contributed by atoms with Gasteiger partial charge < -0.3 is 5.73 Å². The SMILES string of the molecule is CCC1=C2C=C(C(C)N)CC21. The van der Waals surface area contributed by atoms with Crippen molar-refractivity contribution in [3.05, 3.63) is 22.8 Å². The Morgan fingerprint density at radius 3 is 2.82 bits per heavy atom. The fourth-order valence-electron chi connectivity index (χ4n) is 2.03. The summed E-state index contributed by atoms with van der Waals surface area (Å²) in [5.41, 5.74) is 10.5. The highest BCUT2D eigenvalue weighted by atomic mass is 14.6. The van der Waals surface area contributed by atoms with Crippen molar-refractivity contribution >= 4 is 0 Å². The van der Waals surface area contributed by atoms with Gasteiger partial charge in [0.1, 0.15) is 0 Å². The molecule has 60 valence electrons. The van der Waals surface area contributed by atoms with Crippen molar-refractivity contribution in [2.45, 2.75) is 32.7 Å². The number of hydrogen-bond donors (Lipinski definition) is 1. The zero-order valence-corrected chi connectivity index (χ0v) is 7.22. The lowest BCUT2D eigenvalue weighted by Crippen LogP contribution is -2.17. The summed E-state index contributed by atoms with van der Waals surface area (Å²) in [5, 5.41) is 0. The minimum Gasteiger partial charge on any atom is -0.324 e. The van der Waals surface area contributed by atoms with Crippen LogP contribution in [0.15, 0.2) is 22.8 Å². The van der Waals surface area contributed by atoms with Gasteiger partial charge in [-0.25, -0.2) is 0 Å². The molecule has 0 aliphatic heterocycles. The number of fused-ring (bicyclic) bond motifs is 1. The Kier molecular flexibility index (Phi) is 1.43. The van der Waals surface area contributed by atoms with Crippen LogP contribution in [0.2, 0.25) is 0 Å². The Morgan fingerprint density at radius 2 is 2.45 bits per heavy atom. The maximum Gasteiger partial charge on any atom is 0.0228 e. The maximum atomic E-state index is 5.78. The van der Waals surface area contributed by atoms with E-state index < -0.39 is 0 Å². The Labute approximate surface area is 68.0 Å². The van der Waals surface area contributed by atoms with Crippen molar-refractivity contribution in [3.63, 3.8) is 0 Å². The first-order chi connectivity index (χ1) is 5.24. The highest BCUT2D eigenvalue weighted by Gasteiger charge is 2.38. The molecule has 2 aliphatic carbocycles. The molecule has 0 spiro atoms. The quantitative estimate of drug-likeness (QED) is 0.638. The fourth-order valence-corrected chi connectivity index (χ4v) is 2.03. The molecule has 0 heterocycles. The normalized spacial score (nSPS) is 30.1. The molecule has 11 heavy (non-hydrogen) atoms. The number of rotatable bonds is 2. The van der Waals surface area contributed by atoms with Gasteiger partial charge in [-0.05, 0) is 25.3 Å². The molecule has 2 aliphatic rings. The molecular weight excluding hydrogens is 134 g/mol. The smallest absolute Gasteiger partial charge is 0.0228 e. The highest BCUT2D eigenvalue weighted by Crippen LogP contribution is 2.51. The van der Waals surface area contributed by atoms with Crippen molar-refractivity contribution in [3.8, 4) is 0 Å². The van der Waals surface area contributed by atoms with Gasteiger partial charge in [-0.15, -0.1) is 0 Å². The van der Waals surface area contributed by atoms with Gasteiger partial charge >= 0.3 is 0 Å². The lowest BCUT2D eigenvalue weighted by atomic mass is 10.0. The Morgan fingerprint density at radius 1 is 1.73 bits per heavy atom. The van der Waals surface area contributed by atoms with E-state index in [0.717, 1.165) is 5.92 Å². The van der Waals surface area contributed by atoms with E-state index in [9.17, 15) is 0 Å². The van der Waals surface area contributed by atoms with Crippen LogP contribution in [0.25, 0.3) is 0 Å². The largest absolute Gasteiger partial charge is 0.324 e. The Balaban J connectivity index is 2.12. The minimum absolute atomic E-state index is 0.272. The fraction of sp³-hybridized carbons (Fsp3) is 0.600. The average Bonchev–Trinajstić information content (AvgIpc) is 2.41. The summed E-state index contributed by atoms with van der Waals surface area (Å²) >= 11 is 0. The third-order valence-electron chi connectivity index (χ3n) is 2.83. The minimum atomic E-state index is 0.272. The molecule has 2 unspecified atom stereocenters. The molecule has 0 fully saturated rings. The van der Waals surface area contributed by atoms with Crippen LogP contribution >= 0.6 is 0 Å².